The van der Waals surface area contributed by atoms with Gasteiger partial charge in [0.1, 0.15) is 0 Å². The van der Waals surface area contributed by atoms with Gasteiger partial charge in [0.15, 0.2) is 0 Å². The number of nitrogens with zero attached hydrogens (tertiary/aromatic N) is 1. The Kier molecular flexibility index (Phi) is 5.36. The minimum Gasteiger partial charge on any atom is -0.333 e. The molecule has 3 aliphatic carbocycles. The number of hydrogen-bond acceptors (Lipinski definition) is 2. The van der Waals surface area contributed by atoms with E-state index in [1.54, 1.807) is 0 Å². The van der Waals surface area contributed by atoms with Crippen LogP contribution in [0.25, 0.3) is 5.57 Å². The maximum atomic E-state index is 2.62. The summed E-state index contributed by atoms with van der Waals surface area (Å²) in [6.07, 6.45) is 22.6. The average Bonchev–Trinajstić information content (AvgIpc) is 3.53. The van der Waals surface area contributed by atoms with Crippen molar-refractivity contribution in [1.29, 1.82) is 0 Å². The number of rotatable bonds is 3. The molecule has 0 aromatic heterocycles. The number of allylic oxidation sites excluding steroid dienone is 8. The van der Waals surface area contributed by atoms with Crippen LogP contribution >= 0.6 is 11.8 Å². The Bertz CT molecular complexity index is 1570. The summed E-state index contributed by atoms with van der Waals surface area (Å²) in [5, 5.41) is 0.590. The highest BCUT2D eigenvalue weighted by Crippen LogP contribution is 2.55. The van der Waals surface area contributed by atoms with Gasteiger partial charge in [-0.2, -0.15) is 0 Å². The van der Waals surface area contributed by atoms with Crippen molar-refractivity contribution in [3.05, 3.63) is 144 Å². The van der Waals surface area contributed by atoms with E-state index in [-0.39, 0.29) is 0 Å². The summed E-state index contributed by atoms with van der Waals surface area (Å²) in [7, 11) is 0. The van der Waals surface area contributed by atoms with Gasteiger partial charge in [0.25, 0.3) is 0 Å². The number of para-hydroxylation sites is 1. The first-order chi connectivity index (χ1) is 18.8. The molecule has 3 aromatic rings. The van der Waals surface area contributed by atoms with Crippen molar-refractivity contribution in [3.63, 3.8) is 0 Å². The molecule has 38 heavy (non-hydrogen) atoms. The minimum atomic E-state index is 0.315. The lowest BCUT2D eigenvalue weighted by Gasteiger charge is -2.35. The van der Waals surface area contributed by atoms with Crippen LogP contribution in [-0.2, 0) is 0 Å². The SMILES string of the molecule is C1=CCCC(c2cccc(N3c4ccccc4C4C=C(C5CC=CC6c7ccccc7SC56)C=CC43)c2)=C1. The van der Waals surface area contributed by atoms with Gasteiger partial charge in [-0.05, 0) is 71.4 Å². The number of anilines is 2. The Morgan fingerprint density at radius 1 is 0.816 bits per heavy atom. The van der Waals surface area contributed by atoms with Crippen LogP contribution in [0.5, 0.6) is 0 Å². The Morgan fingerprint density at radius 3 is 2.63 bits per heavy atom. The molecule has 0 fully saturated rings. The van der Waals surface area contributed by atoms with Crippen LogP contribution < -0.4 is 4.90 Å². The lowest BCUT2D eigenvalue weighted by Crippen LogP contribution is -2.31. The Hall–Kier alpha value is -3.49. The van der Waals surface area contributed by atoms with Crippen LogP contribution in [0.3, 0.4) is 0 Å². The first-order valence-corrected chi connectivity index (χ1v) is 14.9. The first-order valence-electron chi connectivity index (χ1n) is 14.0. The lowest BCUT2D eigenvalue weighted by atomic mass is 9.75. The van der Waals surface area contributed by atoms with Crippen LogP contribution in [-0.4, -0.2) is 11.3 Å². The van der Waals surface area contributed by atoms with Crippen molar-refractivity contribution in [3.8, 4) is 0 Å². The highest BCUT2D eigenvalue weighted by Gasteiger charge is 2.43. The highest BCUT2D eigenvalue weighted by molar-refractivity contribution is 8.00. The molecule has 2 heteroatoms. The van der Waals surface area contributed by atoms with Gasteiger partial charge in [0.2, 0.25) is 0 Å². The standard InChI is InChI=1S/C36H31NS/c1-2-10-24(11-3-1)25-12-8-13-27(22-25)37-33-18-6-4-14-29(33)32-23-26(20-21-34(32)37)28-16-9-17-31-30-15-5-7-19-35(30)38-36(28)31/h1-2,4-10,12-15,17-23,28,31-32,34,36H,3,11,16H2. The predicted octanol–water partition coefficient (Wildman–Crippen LogP) is 9.35. The van der Waals surface area contributed by atoms with Crippen molar-refractivity contribution in [2.24, 2.45) is 5.92 Å². The molecule has 0 saturated heterocycles. The van der Waals surface area contributed by atoms with Gasteiger partial charge in [-0.1, -0.05) is 97.1 Å². The van der Waals surface area contributed by atoms with Gasteiger partial charge < -0.3 is 4.90 Å². The predicted molar refractivity (Wildman–Crippen MR) is 161 cm³/mol. The largest absolute Gasteiger partial charge is 0.333 e. The van der Waals surface area contributed by atoms with Gasteiger partial charge in [-0.25, -0.2) is 0 Å². The van der Waals surface area contributed by atoms with Crippen LogP contribution in [0.15, 0.2) is 132 Å². The summed E-state index contributed by atoms with van der Waals surface area (Å²) in [5.74, 6) is 1.46. The molecular weight excluding hydrogens is 478 g/mol. The maximum Gasteiger partial charge on any atom is 0.0629 e. The second-order valence-corrected chi connectivity index (χ2v) is 12.3. The lowest BCUT2D eigenvalue weighted by molar-refractivity contribution is 0.536. The third-order valence-corrected chi connectivity index (χ3v) is 10.6. The molecule has 0 amide bonds. The molecule has 1 nitrogen and oxygen atoms in total. The van der Waals surface area contributed by atoms with Gasteiger partial charge in [-0.15, -0.1) is 11.8 Å². The molecule has 5 atom stereocenters. The zero-order chi connectivity index (χ0) is 25.1. The molecule has 0 N–H and O–H groups in total. The minimum absolute atomic E-state index is 0.315. The average molecular weight is 510 g/mol. The van der Waals surface area contributed by atoms with Crippen LogP contribution in [0.4, 0.5) is 11.4 Å². The molecule has 2 aliphatic heterocycles. The molecule has 3 aromatic carbocycles. The van der Waals surface area contributed by atoms with Gasteiger partial charge in [0.05, 0.1) is 6.04 Å². The fourth-order valence-corrected chi connectivity index (χ4v) is 8.86. The van der Waals surface area contributed by atoms with Crippen molar-refractivity contribution in [2.75, 3.05) is 4.90 Å². The molecule has 186 valence electrons. The van der Waals surface area contributed by atoms with E-state index in [0.29, 0.717) is 29.0 Å². The topological polar surface area (TPSA) is 3.24 Å². The van der Waals surface area contributed by atoms with E-state index in [9.17, 15) is 0 Å². The third kappa shape index (κ3) is 3.54. The molecule has 5 unspecified atom stereocenters. The number of hydrogen-bond donors (Lipinski definition) is 0. The van der Waals surface area contributed by atoms with E-state index in [1.165, 1.54) is 44.1 Å². The molecule has 0 saturated carbocycles. The Labute approximate surface area is 230 Å². The molecule has 0 spiro atoms. The Morgan fingerprint density at radius 2 is 1.71 bits per heavy atom. The van der Waals surface area contributed by atoms with E-state index < -0.39 is 0 Å². The summed E-state index contributed by atoms with van der Waals surface area (Å²) < 4.78 is 0. The van der Waals surface area contributed by atoms with E-state index in [1.807, 2.05) is 0 Å². The van der Waals surface area contributed by atoms with E-state index >= 15 is 0 Å². The molecular formula is C36H31NS. The number of fused-ring (bicyclic) bond motifs is 6. The molecule has 8 rings (SSSR count). The molecule has 0 bridgehead atoms. The fourth-order valence-electron chi connectivity index (χ4n) is 7.26. The fraction of sp³-hybridized carbons (Fsp3) is 0.222. The maximum absolute atomic E-state index is 2.62. The number of benzene rings is 3. The monoisotopic (exact) mass is 509 g/mol. The summed E-state index contributed by atoms with van der Waals surface area (Å²) >= 11 is 2.10. The van der Waals surface area contributed by atoms with Crippen LogP contribution in [0.2, 0.25) is 0 Å². The smallest absolute Gasteiger partial charge is 0.0629 e. The van der Waals surface area contributed by atoms with Gasteiger partial charge >= 0.3 is 0 Å². The van der Waals surface area contributed by atoms with Gasteiger partial charge in [0, 0.05) is 39.3 Å². The highest BCUT2D eigenvalue weighted by atomic mass is 32.2. The van der Waals surface area contributed by atoms with Crippen molar-refractivity contribution in [2.45, 2.75) is 47.3 Å². The van der Waals surface area contributed by atoms with Crippen molar-refractivity contribution < 1.29 is 0 Å². The first kappa shape index (κ1) is 22.5. The second-order valence-electron chi connectivity index (χ2n) is 11.1. The summed E-state index contributed by atoms with van der Waals surface area (Å²) in [6, 6.07) is 27.6. The van der Waals surface area contributed by atoms with Crippen LogP contribution in [0, 0.1) is 5.92 Å². The van der Waals surface area contributed by atoms with E-state index in [0.717, 1.165) is 19.3 Å². The molecule has 5 aliphatic rings. The van der Waals surface area contributed by atoms with Crippen molar-refractivity contribution >= 4 is 28.7 Å². The zero-order valence-corrected chi connectivity index (χ0v) is 22.2. The van der Waals surface area contributed by atoms with E-state index in [4.69, 9.17) is 0 Å². The van der Waals surface area contributed by atoms with Gasteiger partial charge in [-0.3, -0.25) is 0 Å². The van der Waals surface area contributed by atoms with Crippen molar-refractivity contribution in [1.82, 2.24) is 0 Å². The molecule has 0 radical (unpaired) electrons. The van der Waals surface area contributed by atoms with E-state index in [2.05, 4.69) is 138 Å². The summed E-state index contributed by atoms with van der Waals surface area (Å²) in [4.78, 5) is 4.05. The summed E-state index contributed by atoms with van der Waals surface area (Å²) in [6.45, 7) is 0. The molecule has 2 heterocycles. The Balaban J connectivity index is 1.15. The zero-order valence-electron chi connectivity index (χ0n) is 21.4. The summed E-state index contributed by atoms with van der Waals surface area (Å²) in [5.41, 5.74) is 9.93. The number of thioether (sulfide) groups is 1. The quantitative estimate of drug-likeness (QED) is 0.324. The second kappa shape index (κ2) is 9.06. The van der Waals surface area contributed by atoms with Crippen LogP contribution in [0.1, 0.15) is 47.8 Å². The normalized spacial score (nSPS) is 28.3. The third-order valence-electron chi connectivity index (χ3n) is 9.04.